The molecular weight excluding hydrogens is 807 g/mol. The Morgan fingerprint density at radius 2 is 0.808 bits per heavy atom. The number of benzene rings is 6. The van der Waals surface area contributed by atoms with Crippen LogP contribution in [0.3, 0.4) is 0 Å². The maximum Gasteiger partial charge on any atom is 4.00 e. The van der Waals surface area contributed by atoms with Crippen LogP contribution < -0.4 is 20.7 Å². The van der Waals surface area contributed by atoms with Gasteiger partial charge in [-0.2, -0.15) is 12.1 Å². The first-order valence-electron chi connectivity index (χ1n) is 17.6. The molecule has 0 aliphatic carbocycles. The minimum absolute atomic E-state index is 0. The number of hydrogen-bond donors (Lipinski definition) is 0. The quantitative estimate of drug-likeness (QED) is 0.106. The van der Waals surface area contributed by atoms with Gasteiger partial charge in [-0.1, -0.05) is 160 Å². The molecule has 0 radical (unpaired) electrons. The van der Waals surface area contributed by atoms with Crippen molar-refractivity contribution in [3.63, 3.8) is 0 Å². The molecular formula is C50H48HfSi. The van der Waals surface area contributed by atoms with Crippen LogP contribution in [0.1, 0.15) is 50.7 Å². The van der Waals surface area contributed by atoms with Crippen molar-refractivity contribution in [2.45, 2.75) is 39.5 Å². The number of rotatable bonds is 8. The van der Waals surface area contributed by atoms with E-state index in [0.29, 0.717) is 11.8 Å². The van der Waals surface area contributed by atoms with Crippen LogP contribution in [-0.4, -0.2) is 8.07 Å². The monoisotopic (exact) mass is 856 g/mol. The fourth-order valence-electron chi connectivity index (χ4n) is 7.91. The van der Waals surface area contributed by atoms with Gasteiger partial charge in [0.25, 0.3) is 0 Å². The molecule has 0 saturated carbocycles. The predicted octanol–water partition coefficient (Wildman–Crippen LogP) is 11.3. The summed E-state index contributed by atoms with van der Waals surface area (Å²) in [6, 6.07) is 64.6. The second kappa shape index (κ2) is 16.1. The predicted molar refractivity (Wildman–Crippen MR) is 228 cm³/mol. The maximum atomic E-state index is 2.53. The molecule has 8 aromatic carbocycles. The van der Waals surface area contributed by atoms with Crippen molar-refractivity contribution in [3.05, 3.63) is 196 Å². The number of fused-ring (bicyclic) bond motifs is 2. The summed E-state index contributed by atoms with van der Waals surface area (Å²) in [6.07, 6.45) is 0. The van der Waals surface area contributed by atoms with Gasteiger partial charge in [-0.25, -0.2) is 0 Å². The summed E-state index contributed by atoms with van der Waals surface area (Å²) < 4.78 is 0. The van der Waals surface area contributed by atoms with Crippen LogP contribution in [0.5, 0.6) is 0 Å². The summed E-state index contributed by atoms with van der Waals surface area (Å²) in [6.45, 7) is 9.10. The van der Waals surface area contributed by atoms with Crippen molar-refractivity contribution >= 4 is 50.4 Å². The minimum Gasteiger partial charge on any atom is -0.358 e. The summed E-state index contributed by atoms with van der Waals surface area (Å²) in [7, 11) is -2.77. The molecule has 0 saturated heterocycles. The first kappa shape index (κ1) is 38.8. The van der Waals surface area contributed by atoms with Crippen molar-refractivity contribution in [1.29, 1.82) is 0 Å². The van der Waals surface area contributed by atoms with Gasteiger partial charge >= 0.3 is 25.8 Å². The van der Waals surface area contributed by atoms with Crippen molar-refractivity contribution in [2.24, 2.45) is 0 Å². The van der Waals surface area contributed by atoms with Gasteiger partial charge in [-0.05, 0) is 44.5 Å². The van der Waals surface area contributed by atoms with Crippen LogP contribution in [0.15, 0.2) is 170 Å². The summed E-state index contributed by atoms with van der Waals surface area (Å²) in [5.74, 6) is 0.963. The summed E-state index contributed by atoms with van der Waals surface area (Å²) in [4.78, 5) is 0. The zero-order valence-electron chi connectivity index (χ0n) is 31.3. The molecule has 0 spiro atoms. The van der Waals surface area contributed by atoms with Gasteiger partial charge in [0.05, 0.1) is 0 Å². The van der Waals surface area contributed by atoms with Gasteiger partial charge in [-0.15, -0.1) is 68.3 Å². The van der Waals surface area contributed by atoms with Crippen LogP contribution in [0, 0.1) is 14.9 Å². The SMILES string of the molecule is CC(C)c1cccc(-c2cccc3[cH-]c([Si](c4ccccc4)(c4ccccc4)c4cc5c(-c6cccc(C(C)C)c6)cccc5[cH-]4)cc23)c1.[CH3-].[CH3-].[Hf+4]. The first-order chi connectivity index (χ1) is 23.9. The Morgan fingerprint density at radius 3 is 1.19 bits per heavy atom. The van der Waals surface area contributed by atoms with E-state index in [1.54, 1.807) is 0 Å². The van der Waals surface area contributed by atoms with Crippen molar-refractivity contribution in [1.82, 2.24) is 0 Å². The molecule has 8 aromatic rings. The maximum absolute atomic E-state index is 2.77. The molecule has 0 heterocycles. The molecule has 52 heavy (non-hydrogen) atoms. The van der Waals surface area contributed by atoms with E-state index < -0.39 is 8.07 Å². The third-order valence-electron chi connectivity index (χ3n) is 10.5. The van der Waals surface area contributed by atoms with Crippen LogP contribution >= 0.6 is 0 Å². The van der Waals surface area contributed by atoms with E-state index in [-0.39, 0.29) is 40.7 Å². The summed E-state index contributed by atoms with van der Waals surface area (Å²) in [5, 5.41) is 10.9. The van der Waals surface area contributed by atoms with Gasteiger partial charge in [0.2, 0.25) is 0 Å². The number of hydrogen-bond acceptors (Lipinski definition) is 0. The molecule has 0 atom stereocenters. The van der Waals surface area contributed by atoms with Crippen LogP contribution in [-0.2, 0) is 25.8 Å². The zero-order chi connectivity index (χ0) is 33.5. The van der Waals surface area contributed by atoms with Gasteiger partial charge in [0, 0.05) is 0 Å². The van der Waals surface area contributed by atoms with Gasteiger partial charge in [0.15, 0.2) is 0 Å². The molecule has 256 valence electrons. The molecule has 0 fully saturated rings. The summed E-state index contributed by atoms with van der Waals surface area (Å²) in [5.41, 5.74) is 7.92. The second-order valence-corrected chi connectivity index (χ2v) is 18.0. The Balaban J connectivity index is 0.00000174. The van der Waals surface area contributed by atoms with Gasteiger partial charge in [-0.3, -0.25) is 0 Å². The Kier molecular flexibility index (Phi) is 12.0. The average molecular weight is 856 g/mol. The van der Waals surface area contributed by atoms with E-state index in [1.165, 1.54) is 75.7 Å². The second-order valence-electron chi connectivity index (χ2n) is 14.1. The average Bonchev–Trinajstić information content (AvgIpc) is 3.78. The molecule has 0 aliphatic rings. The molecule has 0 bridgehead atoms. The van der Waals surface area contributed by atoms with E-state index in [4.69, 9.17) is 0 Å². The molecule has 0 aliphatic heterocycles. The minimum atomic E-state index is -2.77. The van der Waals surface area contributed by atoms with Crippen LogP contribution in [0.2, 0.25) is 0 Å². The topological polar surface area (TPSA) is 0 Å². The standard InChI is InChI=1S/C48H42Si.2CH3.Hf/c1-33(2)35-15-11-17-37(27-35)45-25-13-19-39-29-43(31-47(39)45)49(41-21-7-5-8-22-41,42-23-9-6-10-24-42)44-30-40-20-14-26-46(48(40)32-44)38-18-12-16-36(28-38)34(3)4;;;/h5-34H,1-4H3;2*1H3;/q-2;2*-1;+4. The Bertz CT molecular complexity index is 2220. The van der Waals surface area contributed by atoms with Crippen LogP contribution in [0.25, 0.3) is 43.8 Å². The molecule has 0 N–H and O–H groups in total. The van der Waals surface area contributed by atoms with Crippen LogP contribution in [0.4, 0.5) is 0 Å². The molecule has 0 aromatic heterocycles. The van der Waals surface area contributed by atoms with E-state index in [0.717, 1.165) is 0 Å². The Hall–Kier alpha value is -4.37. The third kappa shape index (κ3) is 6.80. The van der Waals surface area contributed by atoms with E-state index in [2.05, 4.69) is 198 Å². The normalized spacial score (nSPS) is 11.3. The molecule has 0 unspecified atom stereocenters. The smallest absolute Gasteiger partial charge is 0.358 e. The Labute approximate surface area is 331 Å². The fraction of sp³-hybridized carbons (Fsp3) is 0.120. The summed E-state index contributed by atoms with van der Waals surface area (Å²) >= 11 is 0. The van der Waals surface area contributed by atoms with Gasteiger partial charge in [0.1, 0.15) is 8.07 Å². The van der Waals surface area contributed by atoms with Crippen molar-refractivity contribution in [3.8, 4) is 22.3 Å². The molecule has 2 heteroatoms. The van der Waals surface area contributed by atoms with Crippen molar-refractivity contribution < 1.29 is 25.8 Å². The Morgan fingerprint density at radius 1 is 0.423 bits per heavy atom. The third-order valence-corrected chi connectivity index (χ3v) is 15.2. The van der Waals surface area contributed by atoms with E-state index in [1.807, 2.05) is 0 Å². The van der Waals surface area contributed by atoms with E-state index in [9.17, 15) is 0 Å². The zero-order valence-corrected chi connectivity index (χ0v) is 35.9. The first-order valence-corrected chi connectivity index (χ1v) is 19.6. The largest absolute Gasteiger partial charge is 4.00 e. The molecule has 8 rings (SSSR count). The van der Waals surface area contributed by atoms with Crippen molar-refractivity contribution in [2.75, 3.05) is 0 Å². The molecule has 0 nitrogen and oxygen atoms in total. The fourth-order valence-corrected chi connectivity index (χ4v) is 12.8. The van der Waals surface area contributed by atoms with Gasteiger partial charge < -0.3 is 14.9 Å². The van der Waals surface area contributed by atoms with E-state index >= 15 is 0 Å². The molecule has 0 amide bonds.